The Bertz CT molecular complexity index is 1270. The molecule has 4 rings (SSSR count). The summed E-state index contributed by atoms with van der Waals surface area (Å²) in [5.41, 5.74) is -3.63. The van der Waals surface area contributed by atoms with Gasteiger partial charge in [0.25, 0.3) is 5.89 Å². The van der Waals surface area contributed by atoms with Gasteiger partial charge in [0, 0.05) is 42.0 Å². The SMILES string of the molecule is CN1CC(C)(C(O)(c2ccc(S(F)(F)(F)(F)F)cc2)c2cncc(-c3noc(C(C)(C)O)n3)c2)C1. The molecule has 2 N–H and O–H groups in total. The van der Waals surface area contributed by atoms with Crippen LogP contribution in [-0.4, -0.2) is 50.4 Å². The van der Waals surface area contributed by atoms with Crippen molar-refractivity contribution in [2.75, 3.05) is 20.1 Å². The first-order chi connectivity index (χ1) is 15.7. The predicted molar refractivity (Wildman–Crippen MR) is 119 cm³/mol. The monoisotopic (exact) mass is 520 g/mol. The van der Waals surface area contributed by atoms with Gasteiger partial charge in [-0.3, -0.25) is 4.98 Å². The van der Waals surface area contributed by atoms with Crippen molar-refractivity contribution in [2.24, 2.45) is 5.41 Å². The first-order valence-electron chi connectivity index (χ1n) is 10.5. The number of pyridine rings is 1. The Morgan fingerprint density at radius 2 is 1.60 bits per heavy atom. The van der Waals surface area contributed by atoms with Gasteiger partial charge in [-0.1, -0.05) is 43.6 Å². The molecule has 2 aromatic heterocycles. The van der Waals surface area contributed by atoms with Crippen LogP contribution >= 0.6 is 10.2 Å². The molecule has 0 amide bonds. The molecule has 0 bridgehead atoms. The molecule has 1 saturated heterocycles. The average molecular weight is 521 g/mol. The van der Waals surface area contributed by atoms with Crippen LogP contribution in [0.2, 0.25) is 0 Å². The van der Waals surface area contributed by atoms with E-state index in [1.165, 1.54) is 32.3 Å². The molecule has 35 heavy (non-hydrogen) atoms. The van der Waals surface area contributed by atoms with E-state index in [-0.39, 0.29) is 22.8 Å². The summed E-state index contributed by atoms with van der Waals surface area (Å²) in [5.74, 6) is 0.0262. The van der Waals surface area contributed by atoms with Crippen molar-refractivity contribution in [3.05, 3.63) is 59.7 Å². The van der Waals surface area contributed by atoms with Gasteiger partial charge in [0.15, 0.2) is 0 Å². The van der Waals surface area contributed by atoms with Crippen molar-refractivity contribution in [1.29, 1.82) is 0 Å². The molecule has 0 spiro atoms. The van der Waals surface area contributed by atoms with Crippen molar-refractivity contribution in [2.45, 2.75) is 36.9 Å². The van der Waals surface area contributed by atoms with Crippen LogP contribution in [0, 0.1) is 5.41 Å². The summed E-state index contributed by atoms with van der Waals surface area (Å²) in [7, 11) is -8.07. The molecule has 0 saturated carbocycles. The van der Waals surface area contributed by atoms with Gasteiger partial charge < -0.3 is 19.6 Å². The van der Waals surface area contributed by atoms with Crippen LogP contribution in [0.25, 0.3) is 11.4 Å². The zero-order valence-corrected chi connectivity index (χ0v) is 20.2. The van der Waals surface area contributed by atoms with E-state index in [4.69, 9.17) is 4.52 Å². The second-order valence-electron chi connectivity index (χ2n) is 9.88. The Labute approximate surface area is 198 Å². The molecule has 0 aliphatic carbocycles. The molecule has 1 unspecified atom stereocenters. The van der Waals surface area contributed by atoms with Gasteiger partial charge in [0.1, 0.15) is 16.1 Å². The van der Waals surface area contributed by atoms with Crippen LogP contribution < -0.4 is 0 Å². The quantitative estimate of drug-likeness (QED) is 0.431. The molecule has 1 aromatic carbocycles. The topological polar surface area (TPSA) is 95.5 Å². The second kappa shape index (κ2) is 6.99. The van der Waals surface area contributed by atoms with Gasteiger partial charge >= 0.3 is 10.2 Å². The zero-order valence-electron chi connectivity index (χ0n) is 19.3. The van der Waals surface area contributed by atoms with E-state index in [0.717, 1.165) is 12.1 Å². The van der Waals surface area contributed by atoms with Crippen LogP contribution in [-0.2, 0) is 11.2 Å². The minimum Gasteiger partial charge on any atom is -0.381 e. The van der Waals surface area contributed by atoms with E-state index in [1.807, 2.05) is 11.9 Å². The Balaban J connectivity index is 1.83. The smallest absolute Gasteiger partial charge is 0.310 e. The molecule has 1 aliphatic rings. The number of hydrogen-bond donors (Lipinski definition) is 2. The van der Waals surface area contributed by atoms with E-state index in [2.05, 4.69) is 15.1 Å². The van der Waals surface area contributed by atoms with Gasteiger partial charge in [-0.25, -0.2) is 0 Å². The number of hydrogen-bond acceptors (Lipinski definition) is 7. The lowest BCUT2D eigenvalue weighted by Gasteiger charge is -2.56. The summed E-state index contributed by atoms with van der Waals surface area (Å²) in [6, 6.07) is 3.82. The first-order valence-corrected chi connectivity index (χ1v) is 12.5. The van der Waals surface area contributed by atoms with Crippen molar-refractivity contribution < 1.29 is 34.2 Å². The fourth-order valence-corrected chi connectivity index (χ4v) is 5.19. The standard InChI is InChI=1S/C22H25F5N4O3S/c1-20(2,32)19-29-18(30-34-19)14-9-16(11-28-10-14)22(33,21(3)12-31(4)13-21)15-5-7-17(8-6-15)35(23,24,25,26)27/h5-11,32-33H,12-13H2,1-4H3. The molecule has 3 aromatic rings. The van der Waals surface area contributed by atoms with Crippen molar-refractivity contribution in [3.8, 4) is 11.4 Å². The lowest BCUT2D eigenvalue weighted by atomic mass is 9.62. The summed E-state index contributed by atoms with van der Waals surface area (Å²) < 4.78 is 71.4. The molecule has 3 heterocycles. The van der Waals surface area contributed by atoms with Crippen molar-refractivity contribution in [1.82, 2.24) is 20.0 Å². The second-order valence-corrected chi connectivity index (χ2v) is 12.3. The number of rotatable bonds is 6. The maximum Gasteiger partial charge on any atom is 0.310 e. The van der Waals surface area contributed by atoms with E-state index in [0.29, 0.717) is 30.8 Å². The molecule has 0 radical (unpaired) electrons. The number of nitrogens with zero attached hydrogens (tertiary/aromatic N) is 4. The highest BCUT2D eigenvalue weighted by Crippen LogP contribution is 3.02. The minimum atomic E-state index is -9.88. The molecular formula is C22H25F5N4O3S. The highest BCUT2D eigenvalue weighted by atomic mass is 32.5. The minimum absolute atomic E-state index is 0.00272. The number of aromatic nitrogens is 3. The molecule has 7 nitrogen and oxygen atoms in total. The highest BCUT2D eigenvalue weighted by molar-refractivity contribution is 8.45. The van der Waals surface area contributed by atoms with Gasteiger partial charge in [0.2, 0.25) is 5.82 Å². The Morgan fingerprint density at radius 3 is 2.09 bits per heavy atom. The largest absolute Gasteiger partial charge is 0.381 e. The van der Waals surface area contributed by atoms with Crippen LogP contribution in [0.15, 0.2) is 52.1 Å². The molecule has 192 valence electrons. The van der Waals surface area contributed by atoms with Crippen LogP contribution in [0.3, 0.4) is 0 Å². The van der Waals surface area contributed by atoms with Gasteiger partial charge in [0.05, 0.1) is 0 Å². The first kappa shape index (κ1) is 25.5. The number of halogens is 5. The maximum atomic E-state index is 13.3. The molecule has 1 fully saturated rings. The van der Waals surface area contributed by atoms with E-state index in [9.17, 15) is 29.6 Å². The number of aliphatic hydroxyl groups is 2. The lowest BCUT2D eigenvalue weighted by molar-refractivity contribution is -0.127. The van der Waals surface area contributed by atoms with Crippen molar-refractivity contribution >= 4 is 10.2 Å². The van der Waals surface area contributed by atoms with E-state index >= 15 is 0 Å². The summed E-state index contributed by atoms with van der Waals surface area (Å²) >= 11 is 0. The number of benzene rings is 1. The Morgan fingerprint density at radius 1 is 1.00 bits per heavy atom. The highest BCUT2D eigenvalue weighted by Gasteiger charge is 2.65. The summed E-state index contributed by atoms with van der Waals surface area (Å²) in [4.78, 5) is 8.16. The van der Waals surface area contributed by atoms with Gasteiger partial charge in [-0.2, -0.15) is 4.98 Å². The normalized spacial score (nSPS) is 20.4. The lowest BCUT2D eigenvalue weighted by Crippen LogP contribution is -2.63. The fourth-order valence-electron chi connectivity index (χ4n) is 4.54. The molecule has 1 aliphatic heterocycles. The van der Waals surface area contributed by atoms with Gasteiger partial charge in [-0.15, -0.1) is 0 Å². The Hall–Kier alpha value is -2.61. The van der Waals surface area contributed by atoms with Gasteiger partial charge in [-0.05, 0) is 44.7 Å². The van der Waals surface area contributed by atoms with Crippen LogP contribution in [0.4, 0.5) is 19.4 Å². The fraction of sp³-hybridized carbons (Fsp3) is 0.409. The Kier molecular flexibility index (Phi) is 5.09. The van der Waals surface area contributed by atoms with Crippen LogP contribution in [0.1, 0.15) is 37.8 Å². The van der Waals surface area contributed by atoms with Crippen LogP contribution in [0.5, 0.6) is 0 Å². The maximum absolute atomic E-state index is 13.3. The molecule has 1 atom stereocenters. The third-order valence-corrected chi connectivity index (χ3v) is 7.36. The molecular weight excluding hydrogens is 495 g/mol. The van der Waals surface area contributed by atoms with E-state index < -0.39 is 31.7 Å². The summed E-state index contributed by atoms with van der Waals surface area (Å²) in [5, 5.41) is 26.0. The zero-order chi connectivity index (χ0) is 26.1. The molecule has 13 heteroatoms. The van der Waals surface area contributed by atoms with E-state index in [1.54, 1.807) is 6.92 Å². The summed E-state index contributed by atoms with van der Waals surface area (Å²) in [6.45, 7) is 5.42. The predicted octanol–water partition coefficient (Wildman–Crippen LogP) is 5.20. The average Bonchev–Trinajstić information content (AvgIpc) is 3.21. The summed E-state index contributed by atoms with van der Waals surface area (Å²) in [6.07, 6.45) is 2.75. The third-order valence-electron chi connectivity index (χ3n) is 6.19. The third kappa shape index (κ3) is 4.53. The number of likely N-dealkylation sites (tertiary alicyclic amines) is 1. The van der Waals surface area contributed by atoms with Crippen molar-refractivity contribution in [3.63, 3.8) is 0 Å².